The number of nitrogens with zero attached hydrogens (tertiary/aromatic N) is 2. The molecule has 7 nitrogen and oxygen atoms in total. The number of Topliss-reactive ketones (excluding diaryl/α,β-unsaturated/α-hetero) is 1. The summed E-state index contributed by atoms with van der Waals surface area (Å²) in [6, 6.07) is 13.1. The third-order valence-corrected chi connectivity index (χ3v) is 5.88. The molecular weight excluding hydrogens is 476 g/mol. The molecule has 32 heavy (non-hydrogen) atoms. The third kappa shape index (κ3) is 3.42. The van der Waals surface area contributed by atoms with Crippen molar-refractivity contribution in [2.24, 2.45) is 0 Å². The molecule has 160 valence electrons. The van der Waals surface area contributed by atoms with E-state index in [9.17, 15) is 14.7 Å². The van der Waals surface area contributed by atoms with E-state index in [0.717, 1.165) is 15.4 Å². The summed E-state index contributed by atoms with van der Waals surface area (Å²) in [6.45, 7) is 1.94. The Labute approximate surface area is 191 Å². The van der Waals surface area contributed by atoms with Gasteiger partial charge in [-0.25, -0.2) is 0 Å². The molecule has 1 aromatic carbocycles. The number of carbonyl (C=O) groups is 2. The number of rotatable bonds is 5. The maximum Gasteiger partial charge on any atom is 0.290 e. The predicted molar refractivity (Wildman–Crippen MR) is 119 cm³/mol. The average Bonchev–Trinajstić information content (AvgIpc) is 3.46. The van der Waals surface area contributed by atoms with E-state index in [1.165, 1.54) is 4.90 Å². The zero-order chi connectivity index (χ0) is 22.4. The van der Waals surface area contributed by atoms with Gasteiger partial charge in [0.25, 0.3) is 5.91 Å². The van der Waals surface area contributed by atoms with Gasteiger partial charge >= 0.3 is 0 Å². The van der Waals surface area contributed by atoms with Crippen LogP contribution in [0.3, 0.4) is 0 Å². The van der Waals surface area contributed by atoms with Crippen molar-refractivity contribution >= 4 is 38.6 Å². The van der Waals surface area contributed by atoms with Gasteiger partial charge in [0.2, 0.25) is 5.78 Å². The Bertz CT molecular complexity index is 1390. The van der Waals surface area contributed by atoms with Gasteiger partial charge in [0.05, 0.1) is 5.57 Å². The minimum Gasteiger partial charge on any atom is -0.503 e. The number of aliphatic hydroxyl groups is 1. The smallest absolute Gasteiger partial charge is 0.290 e. The van der Waals surface area contributed by atoms with Gasteiger partial charge in [-0.15, -0.1) is 0 Å². The lowest BCUT2D eigenvalue weighted by molar-refractivity contribution is -0.130. The molecule has 3 aromatic heterocycles. The van der Waals surface area contributed by atoms with Gasteiger partial charge in [0, 0.05) is 28.8 Å². The number of carbonyl (C=O) groups excluding carboxylic acids is 2. The summed E-state index contributed by atoms with van der Waals surface area (Å²) >= 11 is 3.40. The molecule has 1 aliphatic heterocycles. The first-order valence-electron chi connectivity index (χ1n) is 9.85. The predicted octanol–water partition coefficient (Wildman–Crippen LogP) is 5.27. The van der Waals surface area contributed by atoms with E-state index in [4.69, 9.17) is 8.83 Å². The molecule has 0 saturated carbocycles. The second-order valence-corrected chi connectivity index (χ2v) is 8.44. The van der Waals surface area contributed by atoms with Crippen LogP contribution in [-0.2, 0) is 11.3 Å². The van der Waals surface area contributed by atoms with Crippen LogP contribution in [0.4, 0.5) is 0 Å². The lowest BCUT2D eigenvalue weighted by Gasteiger charge is -2.24. The number of amides is 1. The van der Waals surface area contributed by atoms with Crippen molar-refractivity contribution in [3.05, 3.63) is 99.6 Å². The van der Waals surface area contributed by atoms with Crippen LogP contribution in [0, 0.1) is 6.92 Å². The zero-order valence-electron chi connectivity index (χ0n) is 16.9. The van der Waals surface area contributed by atoms with E-state index >= 15 is 0 Å². The van der Waals surface area contributed by atoms with Crippen molar-refractivity contribution in [1.29, 1.82) is 0 Å². The van der Waals surface area contributed by atoms with Crippen LogP contribution < -0.4 is 0 Å². The fourth-order valence-electron chi connectivity index (χ4n) is 3.89. The first-order chi connectivity index (χ1) is 15.4. The fraction of sp³-hybridized carbons (Fsp3) is 0.125. The Morgan fingerprint density at radius 2 is 1.91 bits per heavy atom. The third-order valence-electron chi connectivity index (χ3n) is 5.38. The molecule has 1 aliphatic rings. The minimum absolute atomic E-state index is 0.0338. The van der Waals surface area contributed by atoms with Crippen molar-refractivity contribution in [3.8, 4) is 0 Å². The van der Waals surface area contributed by atoms with Gasteiger partial charge in [-0.05, 0) is 61.0 Å². The molecule has 1 amide bonds. The topological polar surface area (TPSA) is 96.8 Å². The fourth-order valence-corrected chi connectivity index (χ4v) is 4.27. The first kappa shape index (κ1) is 20.3. The number of furan rings is 2. The van der Waals surface area contributed by atoms with Gasteiger partial charge in [-0.2, -0.15) is 0 Å². The average molecular weight is 493 g/mol. The van der Waals surface area contributed by atoms with Crippen LogP contribution in [0.1, 0.15) is 33.7 Å². The van der Waals surface area contributed by atoms with Gasteiger partial charge in [-0.3, -0.25) is 14.6 Å². The highest BCUT2D eigenvalue weighted by Crippen LogP contribution is 2.41. The summed E-state index contributed by atoms with van der Waals surface area (Å²) < 4.78 is 12.4. The van der Waals surface area contributed by atoms with E-state index in [-0.39, 0.29) is 17.9 Å². The maximum absolute atomic E-state index is 13.5. The molecule has 4 aromatic rings. The van der Waals surface area contributed by atoms with Crippen molar-refractivity contribution in [2.45, 2.75) is 19.5 Å². The monoisotopic (exact) mass is 492 g/mol. The van der Waals surface area contributed by atoms with Crippen LogP contribution in [0.2, 0.25) is 0 Å². The summed E-state index contributed by atoms with van der Waals surface area (Å²) in [6.07, 6.45) is 3.24. The van der Waals surface area contributed by atoms with Crippen molar-refractivity contribution in [1.82, 2.24) is 9.88 Å². The van der Waals surface area contributed by atoms with Gasteiger partial charge < -0.3 is 18.8 Å². The molecular formula is C24H17BrN2O5. The second-order valence-electron chi connectivity index (χ2n) is 7.52. The maximum atomic E-state index is 13.5. The number of benzene rings is 1. The van der Waals surface area contributed by atoms with Gasteiger partial charge in [0.1, 0.15) is 23.1 Å². The summed E-state index contributed by atoms with van der Waals surface area (Å²) in [4.78, 5) is 31.9. The summed E-state index contributed by atoms with van der Waals surface area (Å²) in [5.41, 5.74) is 1.26. The molecule has 1 N–H and O–H groups in total. The zero-order valence-corrected chi connectivity index (χ0v) is 18.5. The van der Waals surface area contributed by atoms with Crippen LogP contribution in [0.25, 0.3) is 11.0 Å². The molecule has 8 heteroatoms. The van der Waals surface area contributed by atoms with Crippen molar-refractivity contribution < 1.29 is 23.5 Å². The van der Waals surface area contributed by atoms with Gasteiger partial charge in [0.15, 0.2) is 11.5 Å². The number of aromatic nitrogens is 1. The number of hydrogen-bond acceptors (Lipinski definition) is 6. The first-order valence-corrected chi connectivity index (χ1v) is 10.6. The Hall–Kier alpha value is -3.65. The molecule has 0 radical (unpaired) electrons. The standard InChI is InChI=1S/C24H17BrN2O5/c1-13-2-4-18(31-13)21-20(22(28)19-11-15-10-16(25)3-5-17(15)32-19)23(29)24(30)27(21)12-14-6-8-26-9-7-14/h2-11,21,29H,12H2,1H3. The molecule has 0 spiro atoms. The molecule has 0 saturated heterocycles. The Kier molecular flexibility index (Phi) is 4.94. The highest BCUT2D eigenvalue weighted by Gasteiger charge is 2.46. The van der Waals surface area contributed by atoms with Crippen LogP contribution >= 0.6 is 15.9 Å². The normalized spacial score (nSPS) is 16.4. The second kappa shape index (κ2) is 7.80. The lowest BCUT2D eigenvalue weighted by Crippen LogP contribution is -2.30. The number of hydrogen-bond donors (Lipinski definition) is 1. The molecule has 1 atom stereocenters. The van der Waals surface area contributed by atoms with E-state index in [1.807, 2.05) is 6.07 Å². The number of ketones is 1. The Morgan fingerprint density at radius 1 is 1.12 bits per heavy atom. The largest absolute Gasteiger partial charge is 0.503 e. The number of halogens is 1. The molecule has 1 unspecified atom stereocenters. The molecule has 0 bridgehead atoms. The minimum atomic E-state index is -0.892. The van der Waals surface area contributed by atoms with E-state index in [1.54, 1.807) is 61.8 Å². The molecule has 4 heterocycles. The number of fused-ring (bicyclic) bond motifs is 1. The number of aliphatic hydroxyl groups excluding tert-OH is 1. The van der Waals surface area contributed by atoms with Crippen LogP contribution in [0.5, 0.6) is 0 Å². The van der Waals surface area contributed by atoms with Crippen LogP contribution in [0.15, 0.2) is 85.6 Å². The van der Waals surface area contributed by atoms with E-state index in [2.05, 4.69) is 20.9 Å². The van der Waals surface area contributed by atoms with Crippen LogP contribution in [-0.4, -0.2) is 26.7 Å². The molecule has 5 rings (SSSR count). The Balaban J connectivity index is 1.59. The lowest BCUT2D eigenvalue weighted by atomic mass is 9.99. The highest BCUT2D eigenvalue weighted by atomic mass is 79.9. The Morgan fingerprint density at radius 3 is 2.62 bits per heavy atom. The summed E-state index contributed by atoms with van der Waals surface area (Å²) in [5.74, 6) is -0.780. The SMILES string of the molecule is Cc1ccc(C2C(C(=O)c3cc4cc(Br)ccc4o3)=C(O)C(=O)N2Cc2ccncc2)o1. The highest BCUT2D eigenvalue weighted by molar-refractivity contribution is 9.10. The quantitative estimate of drug-likeness (QED) is 0.381. The number of aryl methyl sites for hydroxylation is 1. The summed E-state index contributed by atoms with van der Waals surface area (Å²) in [5, 5.41) is 11.5. The van der Waals surface area contributed by atoms with Crippen molar-refractivity contribution in [3.63, 3.8) is 0 Å². The summed E-state index contributed by atoms with van der Waals surface area (Å²) in [7, 11) is 0. The van der Waals surface area contributed by atoms with Gasteiger partial charge in [-0.1, -0.05) is 15.9 Å². The number of pyridine rings is 1. The molecule has 0 aliphatic carbocycles. The molecule has 0 fully saturated rings. The van der Waals surface area contributed by atoms with E-state index < -0.39 is 23.5 Å². The van der Waals surface area contributed by atoms with E-state index in [0.29, 0.717) is 17.1 Å². The van der Waals surface area contributed by atoms with Crippen molar-refractivity contribution in [2.75, 3.05) is 0 Å².